The van der Waals surface area contributed by atoms with Crippen LogP contribution in [0, 0.1) is 0 Å². The zero-order valence-electron chi connectivity index (χ0n) is 30.9. The minimum atomic E-state index is 0.877. The number of furan rings is 1. The van der Waals surface area contributed by atoms with Crippen molar-refractivity contribution in [1.82, 2.24) is 9.13 Å². The maximum absolute atomic E-state index is 6.58. The molecular formula is C54H34N2O. The quantitative estimate of drug-likeness (QED) is 0.173. The average molecular weight is 727 g/mol. The Kier molecular flexibility index (Phi) is 6.93. The number of hydrogen-bond donors (Lipinski definition) is 0. The summed E-state index contributed by atoms with van der Waals surface area (Å²) in [6.07, 6.45) is 0. The maximum Gasteiger partial charge on any atom is 0.136 e. The molecule has 9 aromatic carbocycles. The summed E-state index contributed by atoms with van der Waals surface area (Å²) >= 11 is 0. The lowest BCUT2D eigenvalue weighted by molar-refractivity contribution is 0.669. The molecule has 57 heavy (non-hydrogen) atoms. The standard InChI is InChI=1S/C54H34N2O/c1-3-14-35(15-4-1)36-16-11-17-37(30-36)38-18-12-19-39(31-38)42-24-13-27-53-54(42)47-32-41(28-29-52(47)57-53)56-49-26-10-8-23-44(49)46-33-50-45(34-51(46)56)43-22-7-9-25-48(43)55(50)40-20-5-2-6-21-40/h1-34H. The summed E-state index contributed by atoms with van der Waals surface area (Å²) in [6, 6.07) is 74.4. The highest BCUT2D eigenvalue weighted by molar-refractivity contribution is 6.19. The second-order valence-corrected chi connectivity index (χ2v) is 14.9. The van der Waals surface area contributed by atoms with E-state index in [4.69, 9.17) is 4.42 Å². The van der Waals surface area contributed by atoms with Gasteiger partial charge in [-0.2, -0.15) is 0 Å². The molecule has 0 N–H and O–H groups in total. The third-order valence-corrected chi connectivity index (χ3v) is 11.7. The Morgan fingerprint density at radius 2 is 0.807 bits per heavy atom. The molecule has 0 saturated heterocycles. The number of nitrogens with zero attached hydrogens (tertiary/aromatic N) is 2. The lowest BCUT2D eigenvalue weighted by atomic mass is 9.94. The fourth-order valence-electron chi connectivity index (χ4n) is 9.13. The van der Waals surface area contributed by atoms with E-state index in [9.17, 15) is 0 Å². The lowest BCUT2D eigenvalue weighted by Gasteiger charge is -2.10. The van der Waals surface area contributed by atoms with Crippen LogP contribution in [0.1, 0.15) is 0 Å². The third-order valence-electron chi connectivity index (χ3n) is 11.7. The van der Waals surface area contributed by atoms with Gasteiger partial charge in [0.15, 0.2) is 0 Å². The van der Waals surface area contributed by atoms with Crippen LogP contribution in [0.15, 0.2) is 211 Å². The summed E-state index contributed by atoms with van der Waals surface area (Å²) < 4.78 is 11.4. The van der Waals surface area contributed by atoms with Gasteiger partial charge in [-0.05, 0) is 106 Å². The first kappa shape index (κ1) is 31.7. The Morgan fingerprint density at radius 1 is 0.281 bits per heavy atom. The van der Waals surface area contributed by atoms with E-state index in [-0.39, 0.29) is 0 Å². The summed E-state index contributed by atoms with van der Waals surface area (Å²) in [5.41, 5.74) is 15.9. The van der Waals surface area contributed by atoms with E-state index in [1.54, 1.807) is 0 Å². The summed E-state index contributed by atoms with van der Waals surface area (Å²) in [5.74, 6) is 0. The summed E-state index contributed by atoms with van der Waals surface area (Å²) in [6.45, 7) is 0. The third kappa shape index (κ3) is 4.92. The molecule has 12 aromatic rings. The van der Waals surface area contributed by atoms with Gasteiger partial charge in [0.25, 0.3) is 0 Å². The van der Waals surface area contributed by atoms with Crippen molar-refractivity contribution in [3.63, 3.8) is 0 Å². The van der Waals surface area contributed by atoms with Crippen molar-refractivity contribution < 1.29 is 4.42 Å². The molecule has 3 heterocycles. The molecule has 3 aromatic heterocycles. The van der Waals surface area contributed by atoms with Gasteiger partial charge in [-0.3, -0.25) is 0 Å². The van der Waals surface area contributed by atoms with Crippen molar-refractivity contribution in [2.45, 2.75) is 0 Å². The zero-order valence-corrected chi connectivity index (χ0v) is 30.9. The molecule has 0 saturated carbocycles. The number of aromatic nitrogens is 2. The van der Waals surface area contributed by atoms with E-state index in [0.29, 0.717) is 0 Å². The van der Waals surface area contributed by atoms with Crippen LogP contribution in [0.25, 0.3) is 110 Å². The van der Waals surface area contributed by atoms with Crippen LogP contribution in [-0.2, 0) is 0 Å². The second kappa shape index (κ2) is 12.5. The molecule has 0 aliphatic rings. The average Bonchev–Trinajstić information content (AvgIpc) is 3.93. The van der Waals surface area contributed by atoms with Crippen molar-refractivity contribution in [3.8, 4) is 44.8 Å². The molecule has 0 unspecified atom stereocenters. The molecular weight excluding hydrogens is 693 g/mol. The topological polar surface area (TPSA) is 23.0 Å². The highest BCUT2D eigenvalue weighted by atomic mass is 16.3. The van der Waals surface area contributed by atoms with Gasteiger partial charge in [-0.25, -0.2) is 0 Å². The van der Waals surface area contributed by atoms with Gasteiger partial charge in [0.2, 0.25) is 0 Å². The maximum atomic E-state index is 6.58. The Morgan fingerprint density at radius 3 is 1.49 bits per heavy atom. The molecule has 0 atom stereocenters. The fraction of sp³-hybridized carbons (Fsp3) is 0. The van der Waals surface area contributed by atoms with Crippen LogP contribution in [0.3, 0.4) is 0 Å². The lowest BCUT2D eigenvalue weighted by Crippen LogP contribution is -1.94. The molecule has 0 bridgehead atoms. The SMILES string of the molecule is c1ccc(-c2cccc(-c3cccc(-c4cccc5oc6ccc(-n7c8ccccc8c8cc9c(cc87)c7ccccc7n9-c7ccccc7)cc6c45)c3)c2)cc1. The van der Waals surface area contributed by atoms with Crippen LogP contribution in [-0.4, -0.2) is 9.13 Å². The predicted molar refractivity (Wildman–Crippen MR) is 239 cm³/mol. The van der Waals surface area contributed by atoms with Crippen LogP contribution in [0.2, 0.25) is 0 Å². The summed E-state index contributed by atoms with van der Waals surface area (Å²) in [7, 11) is 0. The minimum Gasteiger partial charge on any atom is -0.456 e. The van der Waals surface area contributed by atoms with Crippen molar-refractivity contribution in [2.75, 3.05) is 0 Å². The highest BCUT2D eigenvalue weighted by Crippen LogP contribution is 2.42. The van der Waals surface area contributed by atoms with Crippen molar-refractivity contribution in [3.05, 3.63) is 206 Å². The second-order valence-electron chi connectivity index (χ2n) is 14.9. The normalized spacial score (nSPS) is 11.9. The molecule has 0 aliphatic carbocycles. The molecule has 0 aliphatic heterocycles. The molecule has 0 spiro atoms. The summed E-state index contributed by atoms with van der Waals surface area (Å²) in [5, 5.41) is 7.15. The fourth-order valence-corrected chi connectivity index (χ4v) is 9.13. The van der Waals surface area contributed by atoms with Gasteiger partial charge in [0, 0.05) is 43.7 Å². The van der Waals surface area contributed by atoms with Crippen LogP contribution in [0.4, 0.5) is 0 Å². The van der Waals surface area contributed by atoms with Crippen molar-refractivity contribution in [2.24, 2.45) is 0 Å². The van der Waals surface area contributed by atoms with Crippen LogP contribution >= 0.6 is 0 Å². The van der Waals surface area contributed by atoms with E-state index in [0.717, 1.165) is 44.4 Å². The Hall–Kier alpha value is -7.62. The molecule has 3 nitrogen and oxygen atoms in total. The number of fused-ring (bicyclic) bond motifs is 9. The molecule has 3 heteroatoms. The van der Waals surface area contributed by atoms with Gasteiger partial charge >= 0.3 is 0 Å². The van der Waals surface area contributed by atoms with Gasteiger partial charge in [-0.15, -0.1) is 0 Å². The Bertz CT molecular complexity index is 3510. The first-order valence-corrected chi connectivity index (χ1v) is 19.5. The van der Waals surface area contributed by atoms with Crippen LogP contribution in [0.5, 0.6) is 0 Å². The van der Waals surface area contributed by atoms with E-state index in [1.165, 1.54) is 65.9 Å². The van der Waals surface area contributed by atoms with Gasteiger partial charge in [0.1, 0.15) is 11.2 Å². The largest absolute Gasteiger partial charge is 0.456 e. The van der Waals surface area contributed by atoms with Crippen molar-refractivity contribution in [1.29, 1.82) is 0 Å². The number of hydrogen-bond acceptors (Lipinski definition) is 1. The molecule has 0 amide bonds. The molecule has 0 fully saturated rings. The van der Waals surface area contributed by atoms with E-state index >= 15 is 0 Å². The summed E-state index contributed by atoms with van der Waals surface area (Å²) in [4.78, 5) is 0. The van der Waals surface area contributed by atoms with Crippen molar-refractivity contribution >= 4 is 65.6 Å². The van der Waals surface area contributed by atoms with Crippen LogP contribution < -0.4 is 0 Å². The molecule has 12 rings (SSSR count). The molecule has 266 valence electrons. The highest BCUT2D eigenvalue weighted by Gasteiger charge is 2.20. The number of benzene rings is 9. The minimum absolute atomic E-state index is 0.877. The zero-order chi connectivity index (χ0) is 37.5. The van der Waals surface area contributed by atoms with E-state index in [2.05, 4.69) is 215 Å². The Labute approximate surface area is 328 Å². The molecule has 0 radical (unpaired) electrons. The van der Waals surface area contributed by atoms with E-state index in [1.807, 2.05) is 0 Å². The van der Waals surface area contributed by atoms with Gasteiger partial charge in [-0.1, -0.05) is 133 Å². The number of para-hydroxylation sites is 3. The first-order chi connectivity index (χ1) is 28.3. The van der Waals surface area contributed by atoms with E-state index < -0.39 is 0 Å². The first-order valence-electron chi connectivity index (χ1n) is 19.5. The predicted octanol–water partition coefficient (Wildman–Crippen LogP) is 14.8. The monoisotopic (exact) mass is 726 g/mol. The Balaban J connectivity index is 1.05. The van der Waals surface area contributed by atoms with Gasteiger partial charge in [0.05, 0.1) is 22.1 Å². The smallest absolute Gasteiger partial charge is 0.136 e. The number of rotatable bonds is 5. The van der Waals surface area contributed by atoms with Gasteiger partial charge < -0.3 is 13.6 Å².